The molecule has 1 heterocycles. The normalized spacial score (nSPS) is 18.3. The van der Waals surface area contributed by atoms with Gasteiger partial charge >= 0.3 is 0 Å². The number of rotatable bonds is 3. The van der Waals surface area contributed by atoms with Gasteiger partial charge in [-0.05, 0) is 60.7 Å². The Balaban J connectivity index is 1.86. The van der Waals surface area contributed by atoms with E-state index in [1.165, 1.54) is 12.1 Å². The van der Waals surface area contributed by atoms with Crippen molar-refractivity contribution in [1.29, 1.82) is 0 Å². The molecule has 5 heteroatoms. The Kier molecular flexibility index (Phi) is 3.53. The molecule has 0 saturated carbocycles. The first kappa shape index (κ1) is 13.2. The third-order valence-corrected chi connectivity index (χ3v) is 3.85. The number of nitrogens with one attached hydrogen (secondary N) is 2. The van der Waals surface area contributed by atoms with E-state index in [9.17, 15) is 8.78 Å². The van der Waals surface area contributed by atoms with Crippen LogP contribution in [0.25, 0.3) is 5.57 Å². The average Bonchev–Trinajstić information content (AvgIpc) is 2.98. The van der Waals surface area contributed by atoms with Crippen molar-refractivity contribution in [3.05, 3.63) is 58.1 Å². The summed E-state index contributed by atoms with van der Waals surface area (Å²) in [5, 5.41) is 0. The van der Waals surface area contributed by atoms with Crippen LogP contribution in [-0.4, -0.2) is 9.97 Å². The fourth-order valence-corrected chi connectivity index (χ4v) is 2.98. The zero-order chi connectivity index (χ0) is 14.1. The Hall–Kier alpha value is -1.75. The van der Waals surface area contributed by atoms with Gasteiger partial charge in [0.15, 0.2) is 4.77 Å². The summed E-state index contributed by atoms with van der Waals surface area (Å²) in [4.78, 5) is 6.02. The molecule has 1 aliphatic rings. The molecular formula is C15H14F2N2S. The van der Waals surface area contributed by atoms with Crippen LogP contribution >= 0.6 is 12.2 Å². The van der Waals surface area contributed by atoms with E-state index in [1.807, 2.05) is 6.20 Å². The molecule has 0 radical (unpaired) electrons. The number of aromatic nitrogens is 2. The lowest BCUT2D eigenvalue weighted by Crippen LogP contribution is -2.04. The number of benzene rings is 1. The highest BCUT2D eigenvalue weighted by atomic mass is 32.1. The van der Waals surface area contributed by atoms with Gasteiger partial charge < -0.3 is 9.97 Å². The van der Waals surface area contributed by atoms with Crippen LogP contribution in [0.3, 0.4) is 0 Å². The summed E-state index contributed by atoms with van der Waals surface area (Å²) in [6.45, 7) is 0. The van der Waals surface area contributed by atoms with Crippen molar-refractivity contribution in [2.24, 2.45) is 5.92 Å². The molecule has 20 heavy (non-hydrogen) atoms. The Labute approximate surface area is 120 Å². The number of allylic oxidation sites excluding steroid dienone is 2. The Morgan fingerprint density at radius 2 is 1.95 bits per heavy atom. The number of halogens is 2. The summed E-state index contributed by atoms with van der Waals surface area (Å²) in [5.74, 6) is -0.808. The number of imidazole rings is 1. The van der Waals surface area contributed by atoms with Gasteiger partial charge in [0.2, 0.25) is 0 Å². The molecule has 1 aliphatic carbocycles. The second kappa shape index (κ2) is 5.32. The first-order valence-corrected chi connectivity index (χ1v) is 6.96. The van der Waals surface area contributed by atoms with Gasteiger partial charge in [0.1, 0.15) is 11.6 Å². The van der Waals surface area contributed by atoms with E-state index in [1.54, 1.807) is 0 Å². The number of H-pyrrole nitrogens is 2. The van der Waals surface area contributed by atoms with Crippen molar-refractivity contribution in [2.45, 2.75) is 19.3 Å². The third-order valence-electron chi connectivity index (χ3n) is 3.63. The summed E-state index contributed by atoms with van der Waals surface area (Å²) >= 11 is 5.01. The van der Waals surface area contributed by atoms with Gasteiger partial charge in [0.25, 0.3) is 0 Å². The molecule has 0 saturated heterocycles. The van der Waals surface area contributed by atoms with E-state index in [0.717, 1.165) is 36.6 Å². The highest BCUT2D eigenvalue weighted by Crippen LogP contribution is 2.36. The van der Waals surface area contributed by atoms with Crippen LogP contribution in [0.1, 0.15) is 24.1 Å². The lowest BCUT2D eigenvalue weighted by molar-refractivity contribution is 0.580. The van der Waals surface area contributed by atoms with Crippen LogP contribution in [0.15, 0.2) is 30.5 Å². The van der Waals surface area contributed by atoms with E-state index >= 15 is 0 Å². The summed E-state index contributed by atoms with van der Waals surface area (Å²) in [7, 11) is 0. The van der Waals surface area contributed by atoms with Crippen molar-refractivity contribution in [3.8, 4) is 0 Å². The molecule has 0 amide bonds. The molecule has 0 fully saturated rings. The average molecular weight is 292 g/mol. The van der Waals surface area contributed by atoms with Crippen molar-refractivity contribution < 1.29 is 8.78 Å². The second-order valence-electron chi connectivity index (χ2n) is 5.06. The highest BCUT2D eigenvalue weighted by Gasteiger charge is 2.22. The lowest BCUT2D eigenvalue weighted by Gasteiger charge is -2.14. The molecule has 0 aliphatic heterocycles. The fraction of sp³-hybridized carbons (Fsp3) is 0.267. The number of hydrogen-bond donors (Lipinski definition) is 2. The molecule has 104 valence electrons. The van der Waals surface area contributed by atoms with Crippen molar-refractivity contribution in [2.75, 3.05) is 0 Å². The molecule has 1 aromatic carbocycles. The molecule has 1 aromatic heterocycles. The van der Waals surface area contributed by atoms with Crippen LogP contribution in [-0.2, 0) is 6.42 Å². The zero-order valence-corrected chi connectivity index (χ0v) is 11.6. The summed E-state index contributed by atoms with van der Waals surface area (Å²) < 4.78 is 27.3. The van der Waals surface area contributed by atoms with Crippen LogP contribution in [0.2, 0.25) is 0 Å². The van der Waals surface area contributed by atoms with Gasteiger partial charge in [-0.1, -0.05) is 6.08 Å². The number of aromatic amines is 2. The Bertz CT molecular complexity index is 694. The molecule has 2 N–H and O–H groups in total. The molecule has 0 unspecified atom stereocenters. The van der Waals surface area contributed by atoms with E-state index in [0.29, 0.717) is 10.3 Å². The van der Waals surface area contributed by atoms with E-state index in [2.05, 4.69) is 16.0 Å². The minimum atomic E-state index is -0.535. The van der Waals surface area contributed by atoms with Crippen molar-refractivity contribution >= 4 is 17.8 Å². The van der Waals surface area contributed by atoms with Crippen LogP contribution < -0.4 is 0 Å². The van der Waals surface area contributed by atoms with E-state index in [4.69, 9.17) is 12.2 Å². The standard InChI is InChI=1S/C15H14F2N2S/c16-11-4-10(5-12(17)7-11)14-3-1-2-9(14)6-13-8-18-15(20)19-13/h3-5,7-9H,1-2,6H2,(H2,18,19,20)/t9-/m1/s1. The maximum Gasteiger partial charge on any atom is 0.174 e. The molecule has 0 spiro atoms. The lowest BCUT2D eigenvalue weighted by atomic mass is 9.91. The maximum absolute atomic E-state index is 13.3. The maximum atomic E-state index is 13.3. The third kappa shape index (κ3) is 2.72. The minimum Gasteiger partial charge on any atom is -0.337 e. The highest BCUT2D eigenvalue weighted by molar-refractivity contribution is 7.71. The Morgan fingerprint density at radius 3 is 2.60 bits per heavy atom. The van der Waals surface area contributed by atoms with Gasteiger partial charge in [-0.3, -0.25) is 0 Å². The summed E-state index contributed by atoms with van der Waals surface area (Å²) in [5.41, 5.74) is 2.67. The largest absolute Gasteiger partial charge is 0.337 e. The first-order valence-electron chi connectivity index (χ1n) is 6.55. The number of hydrogen-bond acceptors (Lipinski definition) is 1. The molecule has 0 bridgehead atoms. The monoisotopic (exact) mass is 292 g/mol. The Morgan fingerprint density at radius 1 is 1.20 bits per heavy atom. The van der Waals surface area contributed by atoms with Gasteiger partial charge in [0, 0.05) is 18.0 Å². The van der Waals surface area contributed by atoms with E-state index in [-0.39, 0.29) is 5.92 Å². The van der Waals surface area contributed by atoms with Crippen LogP contribution in [0, 0.1) is 22.3 Å². The predicted octanol–water partition coefficient (Wildman–Crippen LogP) is 4.39. The SMILES string of the molecule is Fc1cc(F)cc(C2=CCC[C@@H]2Cc2c[nH]c(=S)[nH]2)c1. The molecule has 2 nitrogen and oxygen atoms in total. The molecule has 3 rings (SSSR count). The summed E-state index contributed by atoms with van der Waals surface area (Å²) in [6.07, 6.45) is 6.63. The van der Waals surface area contributed by atoms with Gasteiger partial charge in [-0.15, -0.1) is 0 Å². The molecular weight excluding hydrogens is 278 g/mol. The van der Waals surface area contributed by atoms with Crippen molar-refractivity contribution in [3.63, 3.8) is 0 Å². The van der Waals surface area contributed by atoms with E-state index < -0.39 is 11.6 Å². The smallest absolute Gasteiger partial charge is 0.174 e. The van der Waals surface area contributed by atoms with Crippen LogP contribution in [0.5, 0.6) is 0 Å². The first-order chi connectivity index (χ1) is 9.61. The second-order valence-corrected chi connectivity index (χ2v) is 5.47. The van der Waals surface area contributed by atoms with Gasteiger partial charge in [-0.25, -0.2) is 8.78 Å². The van der Waals surface area contributed by atoms with Gasteiger partial charge in [-0.2, -0.15) is 0 Å². The quantitative estimate of drug-likeness (QED) is 0.808. The van der Waals surface area contributed by atoms with Crippen LogP contribution in [0.4, 0.5) is 8.78 Å². The molecule has 2 aromatic rings. The minimum absolute atomic E-state index is 0.262. The predicted molar refractivity (Wildman–Crippen MR) is 76.7 cm³/mol. The molecule has 1 atom stereocenters. The summed E-state index contributed by atoms with van der Waals surface area (Å²) in [6, 6.07) is 3.69. The topological polar surface area (TPSA) is 31.6 Å². The fourth-order valence-electron chi connectivity index (χ4n) is 2.79. The van der Waals surface area contributed by atoms with Crippen molar-refractivity contribution in [1.82, 2.24) is 9.97 Å². The zero-order valence-electron chi connectivity index (χ0n) is 10.7. The van der Waals surface area contributed by atoms with Gasteiger partial charge in [0.05, 0.1) is 0 Å².